The molecule has 0 aromatic heterocycles. The molecule has 23 heavy (non-hydrogen) atoms. The van der Waals surface area contributed by atoms with E-state index >= 15 is 0 Å². The molecule has 1 saturated carbocycles. The highest BCUT2D eigenvalue weighted by atomic mass is 16.3. The van der Waals surface area contributed by atoms with Gasteiger partial charge in [0.25, 0.3) is 5.91 Å². The summed E-state index contributed by atoms with van der Waals surface area (Å²) >= 11 is 0. The summed E-state index contributed by atoms with van der Waals surface area (Å²) < 4.78 is 0. The average molecular weight is 316 g/mol. The van der Waals surface area contributed by atoms with Gasteiger partial charge < -0.3 is 15.3 Å². The van der Waals surface area contributed by atoms with Crippen LogP contribution in [0.25, 0.3) is 0 Å². The number of nitrogens with one attached hydrogen (secondary N) is 1. The van der Waals surface area contributed by atoms with Crippen LogP contribution in [0.2, 0.25) is 0 Å². The number of hydrogen-bond donors (Lipinski definition) is 2. The van der Waals surface area contributed by atoms with Crippen LogP contribution in [0.3, 0.4) is 0 Å². The van der Waals surface area contributed by atoms with E-state index in [4.69, 9.17) is 0 Å². The van der Waals surface area contributed by atoms with Crippen molar-refractivity contribution in [2.45, 2.75) is 56.7 Å². The zero-order chi connectivity index (χ0) is 16.3. The molecule has 2 aliphatic rings. The Labute approximate surface area is 136 Å². The quantitative estimate of drug-likeness (QED) is 0.886. The van der Waals surface area contributed by atoms with Gasteiger partial charge in [0.15, 0.2) is 0 Å². The lowest BCUT2D eigenvalue weighted by molar-refractivity contribution is -0.146. The van der Waals surface area contributed by atoms with E-state index in [1.165, 1.54) is 0 Å². The molecule has 1 atom stereocenters. The van der Waals surface area contributed by atoms with Gasteiger partial charge in [-0.05, 0) is 44.1 Å². The van der Waals surface area contributed by atoms with E-state index in [0.717, 1.165) is 24.8 Å². The van der Waals surface area contributed by atoms with Gasteiger partial charge in [0, 0.05) is 13.1 Å². The molecule has 1 aromatic carbocycles. The van der Waals surface area contributed by atoms with Crippen molar-refractivity contribution in [2.24, 2.45) is 0 Å². The zero-order valence-corrected chi connectivity index (χ0v) is 13.3. The number of piperidine rings is 1. The molecule has 0 spiro atoms. The van der Waals surface area contributed by atoms with Crippen molar-refractivity contribution in [3.05, 3.63) is 35.9 Å². The second-order valence-electron chi connectivity index (χ2n) is 6.65. The minimum Gasteiger partial charge on any atom is -0.380 e. The number of hydrogen-bond acceptors (Lipinski definition) is 3. The lowest BCUT2D eigenvalue weighted by Gasteiger charge is -2.34. The first kappa shape index (κ1) is 16.0. The van der Waals surface area contributed by atoms with E-state index in [-0.39, 0.29) is 11.8 Å². The predicted octanol–water partition coefficient (Wildman–Crippen LogP) is 1.60. The van der Waals surface area contributed by atoms with Crippen LogP contribution in [-0.2, 0) is 16.1 Å². The Kier molecular flexibility index (Phi) is 4.66. The maximum absolute atomic E-state index is 12.6. The summed E-state index contributed by atoms with van der Waals surface area (Å²) in [5, 5.41) is 13.1. The lowest BCUT2D eigenvalue weighted by atomic mass is 9.98. The first-order chi connectivity index (χ1) is 11.1. The molecule has 3 rings (SSSR count). The first-order valence-electron chi connectivity index (χ1n) is 8.44. The Morgan fingerprint density at radius 2 is 1.91 bits per heavy atom. The Bertz CT molecular complexity index is 567. The molecule has 0 bridgehead atoms. The summed E-state index contributed by atoms with van der Waals surface area (Å²) in [6.45, 7) is 1.28. The van der Waals surface area contributed by atoms with E-state index in [1.54, 1.807) is 4.90 Å². The van der Waals surface area contributed by atoms with Gasteiger partial charge >= 0.3 is 0 Å². The average Bonchev–Trinajstić information content (AvgIpc) is 3.00. The highest BCUT2D eigenvalue weighted by molar-refractivity contribution is 5.91. The minimum absolute atomic E-state index is 0.0463. The molecule has 2 amide bonds. The highest BCUT2D eigenvalue weighted by Gasteiger charge is 2.41. The number of carbonyl (C=O) groups is 2. The third kappa shape index (κ3) is 3.55. The van der Waals surface area contributed by atoms with Crippen LogP contribution in [0.15, 0.2) is 30.3 Å². The summed E-state index contributed by atoms with van der Waals surface area (Å²) in [6.07, 6.45) is 4.22. The minimum atomic E-state index is -1.28. The van der Waals surface area contributed by atoms with Crippen molar-refractivity contribution in [3.63, 3.8) is 0 Å². The molecule has 1 saturated heterocycles. The van der Waals surface area contributed by atoms with E-state index in [9.17, 15) is 14.7 Å². The van der Waals surface area contributed by atoms with E-state index < -0.39 is 11.6 Å². The van der Waals surface area contributed by atoms with Gasteiger partial charge in [0.1, 0.15) is 11.6 Å². The van der Waals surface area contributed by atoms with Crippen molar-refractivity contribution in [3.8, 4) is 0 Å². The van der Waals surface area contributed by atoms with Crippen molar-refractivity contribution >= 4 is 11.8 Å². The molecule has 1 aliphatic heterocycles. The van der Waals surface area contributed by atoms with Crippen LogP contribution < -0.4 is 5.32 Å². The highest BCUT2D eigenvalue weighted by Crippen LogP contribution is 2.30. The molecular formula is C18H24N2O3. The van der Waals surface area contributed by atoms with E-state index in [1.807, 2.05) is 30.3 Å². The normalized spacial score (nSPS) is 23.8. The monoisotopic (exact) mass is 316 g/mol. The Morgan fingerprint density at radius 1 is 1.22 bits per heavy atom. The molecule has 5 heteroatoms. The van der Waals surface area contributed by atoms with Crippen LogP contribution in [0, 0.1) is 0 Å². The fourth-order valence-electron chi connectivity index (χ4n) is 3.51. The molecule has 5 nitrogen and oxygen atoms in total. The predicted molar refractivity (Wildman–Crippen MR) is 86.4 cm³/mol. The van der Waals surface area contributed by atoms with Crippen molar-refractivity contribution in [1.82, 2.24) is 10.2 Å². The molecule has 0 radical (unpaired) electrons. The number of benzene rings is 1. The van der Waals surface area contributed by atoms with Gasteiger partial charge in [0.05, 0.1) is 0 Å². The molecule has 124 valence electrons. The first-order valence-corrected chi connectivity index (χ1v) is 8.44. The maximum atomic E-state index is 12.6. The van der Waals surface area contributed by atoms with E-state index in [0.29, 0.717) is 32.4 Å². The molecule has 2 N–H and O–H groups in total. The fourth-order valence-corrected chi connectivity index (χ4v) is 3.51. The van der Waals surface area contributed by atoms with E-state index in [2.05, 4.69) is 5.32 Å². The second kappa shape index (κ2) is 6.71. The Morgan fingerprint density at radius 3 is 2.61 bits per heavy atom. The largest absolute Gasteiger partial charge is 0.380 e. The van der Waals surface area contributed by atoms with Crippen LogP contribution in [0.4, 0.5) is 0 Å². The van der Waals surface area contributed by atoms with Crippen molar-refractivity contribution in [2.75, 3.05) is 6.54 Å². The number of amides is 2. The standard InChI is InChI=1S/C18H24N2O3/c21-16-15(19-17(22)18(23)10-4-5-11-18)9-6-12-20(16)13-14-7-2-1-3-8-14/h1-3,7-8,15,23H,4-6,9-13H2,(H,19,22)/t15-/m0/s1. The van der Waals surface area contributed by atoms with Crippen molar-refractivity contribution in [1.29, 1.82) is 0 Å². The Balaban J connectivity index is 1.62. The van der Waals surface area contributed by atoms with Gasteiger partial charge in [-0.2, -0.15) is 0 Å². The van der Waals surface area contributed by atoms with Crippen molar-refractivity contribution < 1.29 is 14.7 Å². The zero-order valence-electron chi connectivity index (χ0n) is 13.3. The fraction of sp³-hybridized carbons (Fsp3) is 0.556. The Hall–Kier alpha value is -1.88. The van der Waals surface area contributed by atoms with Gasteiger partial charge in [0.2, 0.25) is 5.91 Å². The summed E-state index contributed by atoms with van der Waals surface area (Å²) in [7, 11) is 0. The van der Waals surface area contributed by atoms with Gasteiger partial charge in [-0.1, -0.05) is 30.3 Å². The smallest absolute Gasteiger partial charge is 0.252 e. The van der Waals surface area contributed by atoms with Crippen LogP contribution in [0.5, 0.6) is 0 Å². The van der Waals surface area contributed by atoms with Crippen LogP contribution in [-0.4, -0.2) is 40.0 Å². The topological polar surface area (TPSA) is 69.6 Å². The number of nitrogens with zero attached hydrogens (tertiary/aromatic N) is 1. The van der Waals surface area contributed by atoms with Crippen LogP contribution in [0.1, 0.15) is 44.1 Å². The summed E-state index contributed by atoms with van der Waals surface area (Å²) in [6, 6.07) is 9.35. The number of aliphatic hydroxyl groups is 1. The van der Waals surface area contributed by atoms with Gasteiger partial charge in [-0.3, -0.25) is 9.59 Å². The molecule has 1 aliphatic carbocycles. The molecule has 1 aromatic rings. The third-order valence-corrected chi connectivity index (χ3v) is 4.91. The summed E-state index contributed by atoms with van der Waals surface area (Å²) in [4.78, 5) is 26.7. The molecule has 2 fully saturated rings. The molecule has 0 unspecified atom stereocenters. The number of likely N-dealkylation sites (tertiary alicyclic amines) is 1. The second-order valence-corrected chi connectivity index (χ2v) is 6.65. The summed E-state index contributed by atoms with van der Waals surface area (Å²) in [5.74, 6) is -0.426. The van der Waals surface area contributed by atoms with Gasteiger partial charge in [-0.25, -0.2) is 0 Å². The lowest BCUT2D eigenvalue weighted by Crippen LogP contribution is -2.56. The maximum Gasteiger partial charge on any atom is 0.252 e. The van der Waals surface area contributed by atoms with Crippen LogP contribution >= 0.6 is 0 Å². The number of carbonyl (C=O) groups excluding carboxylic acids is 2. The number of rotatable bonds is 4. The third-order valence-electron chi connectivity index (χ3n) is 4.91. The molecule has 1 heterocycles. The van der Waals surface area contributed by atoms with Gasteiger partial charge in [-0.15, -0.1) is 0 Å². The SMILES string of the molecule is O=C1[C@@H](NC(=O)C2(O)CCCC2)CCCN1Cc1ccccc1. The molecular weight excluding hydrogens is 292 g/mol. The summed E-state index contributed by atoms with van der Waals surface area (Å²) in [5.41, 5.74) is -0.190.